The van der Waals surface area contributed by atoms with Crippen LogP contribution in [-0.2, 0) is 20.1 Å². The molecule has 0 bridgehead atoms. The first kappa shape index (κ1) is 44.3. The number of aryl methyl sites for hydroxylation is 1. The van der Waals surface area contributed by atoms with Gasteiger partial charge in [0.2, 0.25) is 0 Å². The molecule has 3 aromatic heterocycles. The van der Waals surface area contributed by atoms with Gasteiger partial charge in [0, 0.05) is 40.3 Å². The van der Waals surface area contributed by atoms with Crippen LogP contribution in [-0.4, -0.2) is 19.1 Å². The number of fused-ring (bicyclic) bond motifs is 8. The standard InChI is InChI=1S/C40H33N2S.C25H25N2.Ir/c1-23(2)28-13-10-14-29(24(3)4)38(28)42-35-16-9-8-15-34(35)41-40(42)31-20-17-25(5)37-33-21-27-19-18-26-11-6-7-12-30(26)32(27)22-36(33)43-39(31)37;1-17(2)20-13-10-14-21(18(3)4)24(20)27-23-16-9-8-15-22(23)26-25(27)19-11-6-5-7-12-19;/h6-19,21-24H,1-5H3;5-11,13-18H,1-4H3;/q2*-1;/i5D3;;. The fourth-order valence-corrected chi connectivity index (χ4v) is 11.7. The SMILES string of the molecule is CC(C)c1cccc(C(C)C)c1-n1c(-c2[c-]cccc2)nc2ccccc21.[2H]C([2H])([2H])c1c[c-]c(-c2nc3ccccc3n2-c2c(C(C)C)cccc2C(C)C)c2sc3cc4c(ccc5ccccc54)cc3c12.[Ir]. The summed E-state index contributed by atoms with van der Waals surface area (Å²) in [4.78, 5) is 10.3. The first-order chi connectivity index (χ1) is 35.2. The fourth-order valence-electron chi connectivity index (χ4n) is 10.4. The molecule has 0 aliphatic rings. The summed E-state index contributed by atoms with van der Waals surface area (Å²) in [5, 5.41) is 6.36. The Morgan fingerprint density at radius 3 is 1.62 bits per heavy atom. The van der Waals surface area contributed by atoms with Gasteiger partial charge in [-0.1, -0.05) is 170 Å². The molecule has 0 N–H and O–H groups in total. The number of nitrogens with zero attached hydrogens (tertiary/aromatic N) is 4. The average molecular weight is 1120 g/mol. The van der Waals surface area contributed by atoms with E-state index in [0.29, 0.717) is 17.4 Å². The minimum atomic E-state index is -2.30. The summed E-state index contributed by atoms with van der Waals surface area (Å²) in [6.07, 6.45) is 0. The van der Waals surface area contributed by atoms with E-state index in [4.69, 9.17) is 14.1 Å². The zero-order valence-electron chi connectivity index (χ0n) is 44.4. The minimum Gasteiger partial charge on any atom is -0.333 e. The fraction of sp³-hybridized carbons (Fsp3) is 0.200. The molecule has 12 aromatic rings. The molecule has 71 heavy (non-hydrogen) atoms. The molecule has 6 heteroatoms. The Morgan fingerprint density at radius 1 is 0.507 bits per heavy atom. The second-order valence-electron chi connectivity index (χ2n) is 19.7. The van der Waals surface area contributed by atoms with Gasteiger partial charge in [-0.05, 0) is 114 Å². The predicted molar refractivity (Wildman–Crippen MR) is 300 cm³/mol. The molecular formula is C65H58IrN4S-2. The van der Waals surface area contributed by atoms with E-state index in [2.05, 4.69) is 210 Å². The molecule has 3 heterocycles. The van der Waals surface area contributed by atoms with Crippen LogP contribution in [0.5, 0.6) is 0 Å². The summed E-state index contributed by atoms with van der Waals surface area (Å²) < 4.78 is 32.2. The number of para-hydroxylation sites is 6. The summed E-state index contributed by atoms with van der Waals surface area (Å²) >= 11 is 1.64. The Labute approximate surface area is 439 Å². The van der Waals surface area contributed by atoms with Crippen molar-refractivity contribution >= 4 is 75.1 Å². The van der Waals surface area contributed by atoms with Crippen molar-refractivity contribution in [3.05, 3.63) is 204 Å². The van der Waals surface area contributed by atoms with E-state index in [-0.39, 0.29) is 31.9 Å². The molecule has 9 aromatic carbocycles. The zero-order chi connectivity index (χ0) is 50.9. The van der Waals surface area contributed by atoms with Crippen molar-refractivity contribution in [2.45, 2.75) is 85.9 Å². The minimum absolute atomic E-state index is 0. The molecule has 0 atom stereocenters. The Kier molecular flexibility index (Phi) is 12.1. The van der Waals surface area contributed by atoms with Crippen LogP contribution in [0.3, 0.4) is 0 Å². The van der Waals surface area contributed by atoms with E-state index < -0.39 is 6.85 Å². The van der Waals surface area contributed by atoms with Gasteiger partial charge in [-0.3, -0.25) is 9.97 Å². The maximum Gasteiger partial charge on any atom is 0.0774 e. The van der Waals surface area contributed by atoms with Crippen molar-refractivity contribution in [3.63, 3.8) is 0 Å². The van der Waals surface area contributed by atoms with E-state index in [0.717, 1.165) is 81.5 Å². The molecule has 4 nitrogen and oxygen atoms in total. The topological polar surface area (TPSA) is 35.6 Å². The third-order valence-corrected chi connectivity index (χ3v) is 15.0. The largest absolute Gasteiger partial charge is 0.333 e. The van der Waals surface area contributed by atoms with E-state index in [1.54, 1.807) is 17.4 Å². The van der Waals surface area contributed by atoms with Gasteiger partial charge in [0.1, 0.15) is 0 Å². The maximum absolute atomic E-state index is 8.53. The normalized spacial score (nSPS) is 12.6. The molecule has 0 saturated heterocycles. The van der Waals surface area contributed by atoms with Gasteiger partial charge in [0.25, 0.3) is 0 Å². The number of imidazole rings is 2. The van der Waals surface area contributed by atoms with Crippen LogP contribution < -0.4 is 0 Å². The van der Waals surface area contributed by atoms with Crippen LogP contribution in [0, 0.1) is 19.0 Å². The molecule has 0 spiro atoms. The van der Waals surface area contributed by atoms with E-state index in [1.807, 2.05) is 24.3 Å². The van der Waals surface area contributed by atoms with E-state index in [9.17, 15) is 0 Å². The van der Waals surface area contributed by atoms with Gasteiger partial charge in [-0.2, -0.15) is 11.3 Å². The Morgan fingerprint density at radius 2 is 1.04 bits per heavy atom. The van der Waals surface area contributed by atoms with Gasteiger partial charge in [-0.25, -0.2) is 0 Å². The average Bonchev–Trinajstić information content (AvgIpc) is 4.09. The molecule has 1 radical (unpaired) electrons. The Bertz CT molecular complexity index is 3990. The van der Waals surface area contributed by atoms with Crippen molar-refractivity contribution in [2.24, 2.45) is 0 Å². The monoisotopic (exact) mass is 1120 g/mol. The number of rotatable bonds is 8. The first-order valence-electron chi connectivity index (χ1n) is 26.1. The quantitative estimate of drug-likeness (QED) is 0.112. The van der Waals surface area contributed by atoms with E-state index >= 15 is 0 Å². The van der Waals surface area contributed by atoms with Crippen LogP contribution >= 0.6 is 11.3 Å². The number of thiophene rings is 1. The Balaban J connectivity index is 0.000000191. The molecule has 355 valence electrons. The van der Waals surface area contributed by atoms with Gasteiger partial charge in [-0.15, -0.1) is 53.6 Å². The van der Waals surface area contributed by atoms with Crippen LogP contribution in [0.15, 0.2) is 164 Å². The van der Waals surface area contributed by atoms with Crippen molar-refractivity contribution < 1.29 is 24.2 Å². The van der Waals surface area contributed by atoms with Crippen LogP contribution in [0.4, 0.5) is 0 Å². The molecule has 0 aliphatic carbocycles. The van der Waals surface area contributed by atoms with Crippen molar-refractivity contribution in [3.8, 4) is 34.2 Å². The van der Waals surface area contributed by atoms with Gasteiger partial charge in [0.15, 0.2) is 0 Å². The third kappa shape index (κ3) is 8.40. The second kappa shape index (κ2) is 19.5. The number of aromatic nitrogens is 4. The van der Waals surface area contributed by atoms with Crippen LogP contribution in [0.2, 0.25) is 0 Å². The zero-order valence-corrected chi connectivity index (χ0v) is 44.6. The summed E-state index contributed by atoms with van der Waals surface area (Å²) in [7, 11) is 0. The van der Waals surface area contributed by atoms with Crippen LogP contribution in [0.25, 0.3) is 97.9 Å². The van der Waals surface area contributed by atoms with Gasteiger partial charge < -0.3 is 9.13 Å². The molecule has 0 unspecified atom stereocenters. The molecule has 0 saturated carbocycles. The molecular weight excluding hydrogens is 1060 g/mol. The summed E-state index contributed by atoms with van der Waals surface area (Å²) in [5.41, 5.74) is 13.8. The second-order valence-corrected chi connectivity index (χ2v) is 20.8. The van der Waals surface area contributed by atoms with Crippen molar-refractivity contribution in [1.82, 2.24) is 19.1 Å². The Hall–Kier alpha value is -6.69. The van der Waals surface area contributed by atoms with Crippen molar-refractivity contribution in [2.75, 3.05) is 0 Å². The van der Waals surface area contributed by atoms with Gasteiger partial charge >= 0.3 is 0 Å². The first-order valence-corrected chi connectivity index (χ1v) is 25.4. The molecule has 0 amide bonds. The summed E-state index contributed by atoms with van der Waals surface area (Å²) in [6.45, 7) is 15.7. The molecule has 12 rings (SSSR count). The smallest absolute Gasteiger partial charge is 0.0774 e. The number of benzene rings is 9. The van der Waals surface area contributed by atoms with E-state index in [1.165, 1.54) is 38.7 Å². The number of hydrogen-bond donors (Lipinski definition) is 0. The molecule has 0 aliphatic heterocycles. The summed E-state index contributed by atoms with van der Waals surface area (Å²) in [5.74, 6) is 3.15. The molecule has 0 fully saturated rings. The third-order valence-electron chi connectivity index (χ3n) is 13.8. The summed E-state index contributed by atoms with van der Waals surface area (Å²) in [6, 6.07) is 63.7. The predicted octanol–water partition coefficient (Wildman–Crippen LogP) is 18.5. The van der Waals surface area contributed by atoms with Gasteiger partial charge in [0.05, 0.1) is 33.7 Å². The number of hydrogen-bond acceptors (Lipinski definition) is 3. The van der Waals surface area contributed by atoms with Crippen molar-refractivity contribution in [1.29, 1.82) is 0 Å². The maximum atomic E-state index is 8.53. The van der Waals surface area contributed by atoms with Crippen LogP contribution in [0.1, 0.15) is 111 Å².